The lowest BCUT2D eigenvalue weighted by Gasteiger charge is -2.06. The Morgan fingerprint density at radius 3 is 2.50 bits per heavy atom. The molecule has 18 heavy (non-hydrogen) atoms. The van der Waals surface area contributed by atoms with E-state index in [1.54, 1.807) is 0 Å². The molecule has 0 amide bonds. The summed E-state index contributed by atoms with van der Waals surface area (Å²) in [6, 6.07) is 7.67. The highest BCUT2D eigenvalue weighted by atomic mass is 35.5. The Hall–Kier alpha value is -1.26. The zero-order chi connectivity index (χ0) is 12.5. The van der Waals surface area contributed by atoms with Crippen molar-refractivity contribution in [1.29, 1.82) is 0 Å². The number of aryl methyl sites for hydroxylation is 1. The molecule has 1 rings (SSSR count). The van der Waals surface area contributed by atoms with Crippen LogP contribution in [0.25, 0.3) is 0 Å². The normalized spacial score (nSPS) is 9.44. The van der Waals surface area contributed by atoms with E-state index in [0.29, 0.717) is 32.6 Å². The molecule has 0 spiro atoms. The van der Waals surface area contributed by atoms with Gasteiger partial charge >= 0.3 is 5.97 Å². The van der Waals surface area contributed by atoms with E-state index < -0.39 is 0 Å². The summed E-state index contributed by atoms with van der Waals surface area (Å²) in [5.41, 5.74) is 6.43. The minimum atomic E-state index is -0.157. The smallest absolute Gasteiger partial charge is 0.306 e. The number of esters is 1. The molecule has 0 saturated carbocycles. The van der Waals surface area contributed by atoms with E-state index in [0.717, 1.165) is 11.3 Å². The van der Waals surface area contributed by atoms with Crippen LogP contribution in [0.1, 0.15) is 18.9 Å². The molecule has 0 bridgehead atoms. The first-order valence-electron chi connectivity index (χ1n) is 5.83. The number of hydrogen-bond donors (Lipinski definition) is 1. The second kappa shape index (κ2) is 9.74. The molecule has 0 radical (unpaired) electrons. The molecule has 0 saturated heterocycles. The average Bonchev–Trinajstić information content (AvgIpc) is 2.35. The fourth-order valence-electron chi connectivity index (χ4n) is 1.41. The number of rotatable bonds is 7. The van der Waals surface area contributed by atoms with Gasteiger partial charge in [-0.2, -0.15) is 0 Å². The van der Waals surface area contributed by atoms with Crippen LogP contribution in [-0.2, 0) is 16.0 Å². The average molecular weight is 274 g/mol. The Morgan fingerprint density at radius 2 is 1.94 bits per heavy atom. The fourth-order valence-corrected chi connectivity index (χ4v) is 1.41. The summed E-state index contributed by atoms with van der Waals surface area (Å²) < 4.78 is 10.2. The Bertz CT molecular complexity index is 341. The van der Waals surface area contributed by atoms with E-state index in [1.807, 2.05) is 31.2 Å². The van der Waals surface area contributed by atoms with Crippen molar-refractivity contribution in [2.75, 3.05) is 19.8 Å². The van der Waals surface area contributed by atoms with Crippen LogP contribution in [-0.4, -0.2) is 25.7 Å². The van der Waals surface area contributed by atoms with Gasteiger partial charge in [0, 0.05) is 13.0 Å². The summed E-state index contributed by atoms with van der Waals surface area (Å²) in [7, 11) is 0. The van der Waals surface area contributed by atoms with Crippen molar-refractivity contribution in [1.82, 2.24) is 0 Å². The maximum Gasteiger partial charge on any atom is 0.306 e. The van der Waals surface area contributed by atoms with Gasteiger partial charge < -0.3 is 15.2 Å². The first-order chi connectivity index (χ1) is 8.26. The molecule has 0 heterocycles. The van der Waals surface area contributed by atoms with E-state index in [-0.39, 0.29) is 18.4 Å². The predicted molar refractivity (Wildman–Crippen MR) is 73.2 cm³/mol. The van der Waals surface area contributed by atoms with Gasteiger partial charge in [-0.25, -0.2) is 0 Å². The van der Waals surface area contributed by atoms with Gasteiger partial charge in [0.25, 0.3) is 0 Å². The number of ether oxygens (including phenoxy) is 2. The van der Waals surface area contributed by atoms with E-state index in [2.05, 4.69) is 0 Å². The van der Waals surface area contributed by atoms with E-state index >= 15 is 0 Å². The number of benzene rings is 1. The molecule has 0 aliphatic rings. The summed E-state index contributed by atoms with van der Waals surface area (Å²) in [5.74, 6) is 0.645. The maximum absolute atomic E-state index is 11.2. The van der Waals surface area contributed by atoms with Crippen LogP contribution >= 0.6 is 12.4 Å². The third kappa shape index (κ3) is 6.47. The molecule has 0 atom stereocenters. The molecule has 5 heteroatoms. The number of carbonyl (C=O) groups is 1. The monoisotopic (exact) mass is 273 g/mol. The zero-order valence-electron chi connectivity index (χ0n) is 10.6. The lowest BCUT2D eigenvalue weighted by molar-refractivity contribution is -0.143. The first kappa shape index (κ1) is 16.7. The lowest BCUT2D eigenvalue weighted by Crippen LogP contribution is -2.10. The summed E-state index contributed by atoms with van der Waals surface area (Å²) >= 11 is 0. The van der Waals surface area contributed by atoms with E-state index in [4.69, 9.17) is 15.2 Å². The minimum Gasteiger partial charge on any atom is -0.492 e. The molecule has 0 aliphatic carbocycles. The van der Waals surface area contributed by atoms with E-state index in [1.165, 1.54) is 0 Å². The number of carbonyl (C=O) groups excluding carboxylic acids is 1. The third-order valence-corrected chi connectivity index (χ3v) is 2.23. The van der Waals surface area contributed by atoms with Gasteiger partial charge in [0.15, 0.2) is 0 Å². The highest BCUT2D eigenvalue weighted by molar-refractivity contribution is 5.85. The highest BCUT2D eigenvalue weighted by Crippen LogP contribution is 2.13. The topological polar surface area (TPSA) is 61.5 Å². The van der Waals surface area contributed by atoms with Crippen LogP contribution in [0.2, 0.25) is 0 Å². The largest absolute Gasteiger partial charge is 0.492 e. The fraction of sp³-hybridized carbons (Fsp3) is 0.462. The molecule has 0 aliphatic heterocycles. The van der Waals surface area contributed by atoms with Crippen LogP contribution in [0, 0.1) is 0 Å². The van der Waals surface area contributed by atoms with Crippen LogP contribution in [0.15, 0.2) is 24.3 Å². The Labute approximate surface area is 114 Å². The second-order valence-electron chi connectivity index (χ2n) is 3.59. The number of hydrogen-bond acceptors (Lipinski definition) is 4. The van der Waals surface area contributed by atoms with Gasteiger partial charge in [0.1, 0.15) is 12.4 Å². The lowest BCUT2D eigenvalue weighted by atomic mass is 10.1. The van der Waals surface area contributed by atoms with E-state index in [9.17, 15) is 4.79 Å². The minimum absolute atomic E-state index is 0. The van der Waals surface area contributed by atoms with Crippen molar-refractivity contribution in [3.05, 3.63) is 29.8 Å². The van der Waals surface area contributed by atoms with Crippen LogP contribution < -0.4 is 10.5 Å². The van der Waals surface area contributed by atoms with Gasteiger partial charge in [0.2, 0.25) is 0 Å². The molecule has 102 valence electrons. The quantitative estimate of drug-likeness (QED) is 0.772. The summed E-state index contributed by atoms with van der Waals surface area (Å²) in [6.07, 6.45) is 1.10. The van der Waals surface area contributed by atoms with Crippen molar-refractivity contribution in [2.24, 2.45) is 5.73 Å². The molecule has 1 aromatic rings. The summed E-state index contributed by atoms with van der Waals surface area (Å²) in [6.45, 7) is 3.26. The summed E-state index contributed by atoms with van der Waals surface area (Å²) in [5, 5.41) is 0. The van der Waals surface area contributed by atoms with Crippen molar-refractivity contribution in [3.8, 4) is 5.75 Å². The molecular formula is C13H20ClNO3. The molecule has 0 unspecified atom stereocenters. The van der Waals surface area contributed by atoms with Gasteiger partial charge in [-0.05, 0) is 31.0 Å². The Kier molecular flexibility index (Phi) is 9.06. The van der Waals surface area contributed by atoms with Gasteiger partial charge in [-0.15, -0.1) is 12.4 Å². The Morgan fingerprint density at radius 1 is 1.28 bits per heavy atom. The third-order valence-electron chi connectivity index (χ3n) is 2.23. The van der Waals surface area contributed by atoms with Crippen LogP contribution in [0.3, 0.4) is 0 Å². The second-order valence-corrected chi connectivity index (χ2v) is 3.59. The van der Waals surface area contributed by atoms with Gasteiger partial charge in [0.05, 0.1) is 6.61 Å². The molecule has 0 fully saturated rings. The van der Waals surface area contributed by atoms with Crippen molar-refractivity contribution in [3.63, 3.8) is 0 Å². The number of nitrogens with two attached hydrogens (primary N) is 1. The standard InChI is InChI=1S/C13H19NO3.ClH/c1-2-16-13(15)8-5-11-3-6-12(7-4-11)17-10-9-14;/h3-4,6-7H,2,5,8-10,14H2,1H3;1H. The molecule has 0 aromatic heterocycles. The Balaban J connectivity index is 0.00000289. The molecule has 2 N–H and O–H groups in total. The van der Waals surface area contributed by atoms with Crippen molar-refractivity contribution < 1.29 is 14.3 Å². The highest BCUT2D eigenvalue weighted by Gasteiger charge is 2.02. The maximum atomic E-state index is 11.2. The molecule has 1 aromatic carbocycles. The van der Waals surface area contributed by atoms with Crippen LogP contribution in [0.4, 0.5) is 0 Å². The van der Waals surface area contributed by atoms with Gasteiger partial charge in [-0.3, -0.25) is 4.79 Å². The summed E-state index contributed by atoms with van der Waals surface area (Å²) in [4.78, 5) is 11.2. The zero-order valence-corrected chi connectivity index (χ0v) is 11.4. The van der Waals surface area contributed by atoms with Crippen LogP contribution in [0.5, 0.6) is 5.75 Å². The van der Waals surface area contributed by atoms with Crippen molar-refractivity contribution in [2.45, 2.75) is 19.8 Å². The van der Waals surface area contributed by atoms with Crippen molar-refractivity contribution >= 4 is 18.4 Å². The first-order valence-corrected chi connectivity index (χ1v) is 5.83. The molecule has 4 nitrogen and oxygen atoms in total. The predicted octanol–water partition coefficient (Wildman–Crippen LogP) is 1.94. The molecular weight excluding hydrogens is 254 g/mol. The number of halogens is 1. The SMILES string of the molecule is CCOC(=O)CCc1ccc(OCCN)cc1.Cl. The van der Waals surface area contributed by atoms with Gasteiger partial charge in [-0.1, -0.05) is 12.1 Å².